The molecule has 1 aliphatic rings. The van der Waals surface area contributed by atoms with E-state index in [1.54, 1.807) is 50.2 Å². The fourth-order valence-electron chi connectivity index (χ4n) is 4.42. The molecule has 10 nitrogen and oxygen atoms in total. The average molecular weight is 611 g/mol. The molecule has 0 spiro atoms. The van der Waals surface area contributed by atoms with E-state index in [-0.39, 0.29) is 29.0 Å². The van der Waals surface area contributed by atoms with E-state index in [0.29, 0.717) is 36.7 Å². The lowest BCUT2D eigenvalue weighted by Gasteiger charge is -2.37. The van der Waals surface area contributed by atoms with E-state index in [0.717, 1.165) is 5.56 Å². The topological polar surface area (TPSA) is 111 Å². The molecule has 0 saturated carbocycles. The van der Waals surface area contributed by atoms with Crippen molar-refractivity contribution in [1.29, 1.82) is 0 Å². The molecule has 12 heteroatoms. The number of amides is 2. The Hall–Kier alpha value is -3.64. The third kappa shape index (κ3) is 7.66. The third-order valence-corrected chi connectivity index (χ3v) is 12.5. The molecule has 232 valence electrons. The van der Waals surface area contributed by atoms with Crippen LogP contribution in [-0.4, -0.2) is 63.7 Å². The largest absolute Gasteiger partial charge is 0.444 e. The molecule has 2 aromatic heterocycles. The zero-order valence-electron chi connectivity index (χ0n) is 26.6. The number of carbonyl (C=O) groups is 2. The van der Waals surface area contributed by atoms with Crippen LogP contribution < -0.4 is 5.32 Å². The van der Waals surface area contributed by atoms with Gasteiger partial charge in [0.15, 0.2) is 14.1 Å². The Morgan fingerprint density at radius 3 is 2.51 bits per heavy atom. The number of anilines is 1. The van der Waals surface area contributed by atoms with Gasteiger partial charge in [0.05, 0.1) is 18.2 Å². The van der Waals surface area contributed by atoms with E-state index in [2.05, 4.69) is 54.4 Å². The standard InChI is InChI=1S/C31H43FN6O4Si/c1-20(18-41-43(8,9)31(5,6)7)38-19-33-36-27(38)25-11-10-12-26(34-25)35-28(39)23-15-22-17-37(29(40)42-30(2,3)4)14-13-21(22)16-24(23)32/h10-12,15-16,19-20H,13-14,17-18H2,1-9H3,(H,34,35,39)/t20-/m1/s1. The highest BCUT2D eigenvalue weighted by molar-refractivity contribution is 6.74. The molecule has 1 aliphatic heterocycles. The minimum Gasteiger partial charge on any atom is -0.444 e. The monoisotopic (exact) mass is 610 g/mol. The fourth-order valence-corrected chi connectivity index (χ4v) is 5.51. The maximum Gasteiger partial charge on any atom is 0.410 e. The molecule has 0 radical (unpaired) electrons. The summed E-state index contributed by atoms with van der Waals surface area (Å²) in [5, 5.41) is 11.2. The van der Waals surface area contributed by atoms with Crippen LogP contribution in [0.4, 0.5) is 15.0 Å². The van der Waals surface area contributed by atoms with Crippen molar-refractivity contribution >= 4 is 26.1 Å². The van der Waals surface area contributed by atoms with Crippen LogP contribution in [0.1, 0.15) is 76.0 Å². The Morgan fingerprint density at radius 1 is 1.12 bits per heavy atom. The normalized spacial score (nSPS) is 14.7. The Labute approximate surface area is 254 Å². The van der Waals surface area contributed by atoms with Crippen molar-refractivity contribution < 1.29 is 23.1 Å². The smallest absolute Gasteiger partial charge is 0.410 e. The lowest BCUT2D eigenvalue weighted by molar-refractivity contribution is 0.0224. The number of hydrogen-bond acceptors (Lipinski definition) is 7. The first-order chi connectivity index (χ1) is 19.9. The first kappa shape index (κ1) is 32.3. The van der Waals surface area contributed by atoms with Gasteiger partial charge in [-0.1, -0.05) is 26.8 Å². The first-order valence-electron chi connectivity index (χ1n) is 14.6. The molecule has 0 unspecified atom stereocenters. The summed E-state index contributed by atoms with van der Waals surface area (Å²) < 4.78 is 28.9. The summed E-state index contributed by atoms with van der Waals surface area (Å²) in [6, 6.07) is 7.98. The number of halogens is 1. The zero-order chi connectivity index (χ0) is 31.7. The maximum atomic E-state index is 15.1. The molecule has 4 rings (SSSR count). The van der Waals surface area contributed by atoms with Crippen LogP contribution in [0.3, 0.4) is 0 Å². The zero-order valence-corrected chi connectivity index (χ0v) is 27.6. The molecule has 0 aliphatic carbocycles. The summed E-state index contributed by atoms with van der Waals surface area (Å²) in [6.07, 6.45) is 1.67. The Kier molecular flexibility index (Phi) is 9.12. The lowest BCUT2D eigenvalue weighted by atomic mass is 9.96. The lowest BCUT2D eigenvalue weighted by Crippen LogP contribution is -2.42. The quantitative estimate of drug-likeness (QED) is 0.300. The van der Waals surface area contributed by atoms with E-state index in [9.17, 15) is 9.59 Å². The van der Waals surface area contributed by atoms with Crippen LogP contribution in [-0.2, 0) is 22.1 Å². The second-order valence-corrected chi connectivity index (χ2v) is 18.4. The van der Waals surface area contributed by atoms with Crippen molar-refractivity contribution in [1.82, 2.24) is 24.6 Å². The fraction of sp³-hybridized carbons (Fsp3) is 0.516. The van der Waals surface area contributed by atoms with Crippen molar-refractivity contribution in [3.63, 3.8) is 0 Å². The van der Waals surface area contributed by atoms with E-state index in [4.69, 9.17) is 9.16 Å². The number of rotatable bonds is 7. The van der Waals surface area contributed by atoms with Crippen molar-refractivity contribution in [2.75, 3.05) is 18.5 Å². The van der Waals surface area contributed by atoms with Gasteiger partial charge in [0.1, 0.15) is 29.3 Å². The summed E-state index contributed by atoms with van der Waals surface area (Å²) in [6.45, 7) is 19.6. The van der Waals surface area contributed by atoms with Crippen molar-refractivity contribution in [2.45, 2.75) is 91.2 Å². The SMILES string of the molecule is C[C@H](CO[Si](C)(C)C(C)(C)C)n1cnnc1-c1cccc(NC(=O)c2cc3c(cc2F)CCN(C(=O)OC(C)(C)C)C3)n1. The minimum absolute atomic E-state index is 0.0518. The highest BCUT2D eigenvalue weighted by atomic mass is 28.4. The van der Waals surface area contributed by atoms with Gasteiger partial charge in [0.25, 0.3) is 5.91 Å². The van der Waals surface area contributed by atoms with Gasteiger partial charge in [-0.15, -0.1) is 10.2 Å². The molecule has 2 amide bonds. The predicted molar refractivity (Wildman–Crippen MR) is 166 cm³/mol. The number of hydrogen-bond donors (Lipinski definition) is 1. The summed E-state index contributed by atoms with van der Waals surface area (Å²) in [5.74, 6) is -0.496. The summed E-state index contributed by atoms with van der Waals surface area (Å²) in [4.78, 5) is 31.9. The number of nitrogens with zero attached hydrogens (tertiary/aromatic N) is 5. The van der Waals surface area contributed by atoms with Gasteiger partial charge in [-0.3, -0.25) is 4.79 Å². The second-order valence-electron chi connectivity index (χ2n) is 13.6. The van der Waals surface area contributed by atoms with E-state index >= 15 is 4.39 Å². The van der Waals surface area contributed by atoms with E-state index in [1.165, 1.54) is 12.1 Å². The van der Waals surface area contributed by atoms with Gasteiger partial charge in [0, 0.05) is 13.1 Å². The molecule has 3 heterocycles. The minimum atomic E-state index is -1.94. The van der Waals surface area contributed by atoms with Gasteiger partial charge < -0.3 is 23.9 Å². The Bertz CT molecular complexity index is 1490. The molecule has 43 heavy (non-hydrogen) atoms. The summed E-state index contributed by atoms with van der Waals surface area (Å²) >= 11 is 0. The van der Waals surface area contributed by atoms with Gasteiger partial charge >= 0.3 is 6.09 Å². The molecule has 3 aromatic rings. The molecule has 0 bridgehead atoms. The maximum absolute atomic E-state index is 15.1. The molecule has 0 saturated heterocycles. The molecule has 0 fully saturated rings. The molecule has 1 N–H and O–H groups in total. The number of pyridine rings is 1. The van der Waals surface area contributed by atoms with Gasteiger partial charge in [0.2, 0.25) is 0 Å². The van der Waals surface area contributed by atoms with Gasteiger partial charge in [-0.25, -0.2) is 14.2 Å². The third-order valence-electron chi connectivity index (χ3n) is 7.96. The van der Waals surface area contributed by atoms with Crippen LogP contribution in [0.15, 0.2) is 36.7 Å². The summed E-state index contributed by atoms with van der Waals surface area (Å²) in [7, 11) is -1.94. The molecule has 1 atom stereocenters. The number of fused-ring (bicyclic) bond motifs is 1. The average Bonchev–Trinajstić information content (AvgIpc) is 3.40. The number of ether oxygens (including phenoxy) is 1. The summed E-state index contributed by atoms with van der Waals surface area (Å²) in [5.41, 5.74) is 1.22. The van der Waals surface area contributed by atoms with Crippen LogP contribution in [0.5, 0.6) is 0 Å². The van der Waals surface area contributed by atoms with Crippen LogP contribution in [0.2, 0.25) is 18.1 Å². The Balaban J connectivity index is 1.49. The van der Waals surface area contributed by atoms with Crippen molar-refractivity contribution in [3.8, 4) is 11.5 Å². The van der Waals surface area contributed by atoms with Crippen LogP contribution >= 0.6 is 0 Å². The number of benzene rings is 1. The number of carbonyl (C=O) groups excluding carboxylic acids is 2. The highest BCUT2D eigenvalue weighted by Gasteiger charge is 2.37. The van der Waals surface area contributed by atoms with Crippen molar-refractivity contribution in [2.24, 2.45) is 0 Å². The van der Waals surface area contributed by atoms with E-state index in [1.807, 2.05) is 11.5 Å². The first-order valence-corrected chi connectivity index (χ1v) is 17.5. The predicted octanol–water partition coefficient (Wildman–Crippen LogP) is 6.61. The van der Waals surface area contributed by atoms with E-state index < -0.39 is 31.7 Å². The second kappa shape index (κ2) is 12.2. The number of aromatic nitrogens is 4. The Morgan fingerprint density at radius 2 is 1.84 bits per heavy atom. The molecular formula is C31H43FN6O4Si. The highest BCUT2D eigenvalue weighted by Crippen LogP contribution is 2.37. The molecule has 1 aromatic carbocycles. The van der Waals surface area contributed by atoms with Crippen molar-refractivity contribution in [3.05, 3.63) is 59.2 Å². The molecular weight excluding hydrogens is 567 g/mol. The van der Waals surface area contributed by atoms with Crippen LogP contribution in [0.25, 0.3) is 11.5 Å². The van der Waals surface area contributed by atoms with Gasteiger partial charge in [-0.05, 0) is 87.6 Å². The number of nitrogens with one attached hydrogen (secondary N) is 1. The van der Waals surface area contributed by atoms with Crippen LogP contribution in [0, 0.1) is 5.82 Å². The van der Waals surface area contributed by atoms with Gasteiger partial charge in [-0.2, -0.15) is 0 Å².